The van der Waals surface area contributed by atoms with Gasteiger partial charge in [0.15, 0.2) is 0 Å². The van der Waals surface area contributed by atoms with Crippen LogP contribution in [0.4, 0.5) is 11.4 Å². The quantitative estimate of drug-likeness (QED) is 0.843. The van der Waals surface area contributed by atoms with E-state index in [9.17, 15) is 4.79 Å². The van der Waals surface area contributed by atoms with Gasteiger partial charge in [-0.15, -0.1) is 0 Å². The van der Waals surface area contributed by atoms with Crippen LogP contribution in [0.5, 0.6) is 5.75 Å². The number of ether oxygens (including phenoxy) is 1. The van der Waals surface area contributed by atoms with E-state index in [1.165, 1.54) is 0 Å². The molecule has 0 aromatic heterocycles. The van der Waals surface area contributed by atoms with Gasteiger partial charge in [0, 0.05) is 15.8 Å². The predicted octanol–water partition coefficient (Wildman–Crippen LogP) is 3.60. The van der Waals surface area contributed by atoms with Crippen molar-refractivity contribution >= 4 is 33.2 Å². The fourth-order valence-electron chi connectivity index (χ4n) is 1.87. The molecule has 20 heavy (non-hydrogen) atoms. The summed E-state index contributed by atoms with van der Waals surface area (Å²) in [5, 5.41) is 2.84. The fraction of sp³-hybridized carbons (Fsp3) is 0.133. The van der Waals surface area contributed by atoms with Crippen LogP contribution in [0.25, 0.3) is 0 Å². The normalized spacial score (nSPS) is 10.2. The van der Waals surface area contributed by atoms with Crippen LogP contribution in [0, 0.1) is 6.92 Å². The van der Waals surface area contributed by atoms with Gasteiger partial charge >= 0.3 is 0 Å². The molecule has 2 rings (SSSR count). The molecule has 0 bridgehead atoms. The molecule has 104 valence electrons. The number of nitrogens with two attached hydrogens (primary N) is 1. The van der Waals surface area contributed by atoms with Crippen molar-refractivity contribution in [3.8, 4) is 5.75 Å². The Bertz CT molecular complexity index is 656. The Morgan fingerprint density at radius 1 is 1.25 bits per heavy atom. The number of hydrogen-bond donors (Lipinski definition) is 2. The van der Waals surface area contributed by atoms with E-state index in [-0.39, 0.29) is 5.91 Å². The Labute approximate surface area is 126 Å². The summed E-state index contributed by atoms with van der Waals surface area (Å²) in [6.45, 7) is 1.92. The van der Waals surface area contributed by atoms with E-state index in [4.69, 9.17) is 10.5 Å². The smallest absolute Gasteiger partial charge is 0.256 e. The Balaban J connectivity index is 2.23. The summed E-state index contributed by atoms with van der Waals surface area (Å²) in [6.07, 6.45) is 0. The number of carbonyl (C=O) groups is 1. The lowest BCUT2D eigenvalue weighted by molar-refractivity contribution is 0.102. The molecule has 0 fully saturated rings. The zero-order chi connectivity index (χ0) is 14.7. The van der Waals surface area contributed by atoms with Gasteiger partial charge in [0.25, 0.3) is 5.91 Å². The molecule has 0 unspecified atom stereocenters. The van der Waals surface area contributed by atoms with E-state index in [2.05, 4.69) is 21.2 Å². The summed E-state index contributed by atoms with van der Waals surface area (Å²) in [7, 11) is 1.62. The van der Waals surface area contributed by atoms with Crippen LogP contribution in [0.15, 0.2) is 40.9 Å². The van der Waals surface area contributed by atoms with Gasteiger partial charge in [-0.05, 0) is 64.8 Å². The van der Waals surface area contributed by atoms with Gasteiger partial charge in [0.2, 0.25) is 0 Å². The SMILES string of the molecule is COc1ccc(NC(=O)c2cc(N)ccc2Br)cc1C. The van der Waals surface area contributed by atoms with E-state index in [1.54, 1.807) is 31.4 Å². The van der Waals surface area contributed by atoms with Crippen LogP contribution in [-0.2, 0) is 0 Å². The summed E-state index contributed by atoms with van der Waals surface area (Å²) >= 11 is 3.35. The second-order valence-corrected chi connectivity index (χ2v) is 5.23. The predicted molar refractivity (Wildman–Crippen MR) is 84.2 cm³/mol. The number of amides is 1. The van der Waals surface area contributed by atoms with Crippen molar-refractivity contribution in [2.45, 2.75) is 6.92 Å². The molecule has 0 aliphatic carbocycles. The number of aryl methyl sites for hydroxylation is 1. The van der Waals surface area contributed by atoms with E-state index in [1.807, 2.05) is 19.1 Å². The summed E-state index contributed by atoms with van der Waals surface area (Å²) in [5.41, 5.74) is 8.41. The summed E-state index contributed by atoms with van der Waals surface area (Å²) < 4.78 is 5.89. The monoisotopic (exact) mass is 334 g/mol. The molecule has 0 radical (unpaired) electrons. The Hall–Kier alpha value is -2.01. The zero-order valence-corrected chi connectivity index (χ0v) is 12.8. The van der Waals surface area contributed by atoms with Gasteiger partial charge in [-0.1, -0.05) is 0 Å². The maximum atomic E-state index is 12.2. The molecule has 0 saturated carbocycles. The summed E-state index contributed by atoms with van der Waals surface area (Å²) in [4.78, 5) is 12.2. The average Bonchev–Trinajstić information content (AvgIpc) is 2.41. The van der Waals surface area contributed by atoms with Crippen molar-refractivity contribution in [3.05, 3.63) is 52.0 Å². The van der Waals surface area contributed by atoms with Gasteiger partial charge in [-0.3, -0.25) is 4.79 Å². The molecule has 0 saturated heterocycles. The van der Waals surface area contributed by atoms with Crippen LogP contribution in [-0.4, -0.2) is 13.0 Å². The van der Waals surface area contributed by atoms with Gasteiger partial charge < -0.3 is 15.8 Å². The average molecular weight is 335 g/mol. The highest BCUT2D eigenvalue weighted by Crippen LogP contribution is 2.24. The van der Waals surface area contributed by atoms with Crippen LogP contribution < -0.4 is 15.8 Å². The number of anilines is 2. The number of nitrogens with one attached hydrogen (secondary N) is 1. The number of benzene rings is 2. The largest absolute Gasteiger partial charge is 0.496 e. The van der Waals surface area contributed by atoms with Crippen LogP contribution in [0.1, 0.15) is 15.9 Å². The van der Waals surface area contributed by atoms with Gasteiger partial charge in [0.1, 0.15) is 5.75 Å². The number of nitrogen functional groups attached to an aromatic ring is 1. The first-order chi connectivity index (χ1) is 9.51. The topological polar surface area (TPSA) is 64.3 Å². The molecule has 0 heterocycles. The highest BCUT2D eigenvalue weighted by atomic mass is 79.9. The molecule has 2 aromatic carbocycles. The number of methoxy groups -OCH3 is 1. The molecule has 0 aliphatic rings. The summed E-state index contributed by atoms with van der Waals surface area (Å²) in [6, 6.07) is 10.6. The lowest BCUT2D eigenvalue weighted by Gasteiger charge is -2.10. The van der Waals surface area contributed by atoms with Crippen LogP contribution in [0.3, 0.4) is 0 Å². The van der Waals surface area contributed by atoms with Crippen molar-refractivity contribution in [2.75, 3.05) is 18.2 Å². The highest BCUT2D eigenvalue weighted by Gasteiger charge is 2.11. The molecule has 4 nitrogen and oxygen atoms in total. The molecule has 1 amide bonds. The third kappa shape index (κ3) is 3.11. The first-order valence-corrected chi connectivity index (χ1v) is 6.81. The second kappa shape index (κ2) is 5.96. The third-order valence-electron chi connectivity index (χ3n) is 2.89. The maximum absolute atomic E-state index is 12.2. The fourth-order valence-corrected chi connectivity index (χ4v) is 2.30. The van der Waals surface area contributed by atoms with Gasteiger partial charge in [0.05, 0.1) is 12.7 Å². The molecule has 0 spiro atoms. The molecule has 0 atom stereocenters. The minimum absolute atomic E-state index is 0.214. The lowest BCUT2D eigenvalue weighted by Crippen LogP contribution is -2.13. The lowest BCUT2D eigenvalue weighted by atomic mass is 10.1. The first kappa shape index (κ1) is 14.4. The number of carbonyl (C=O) groups excluding carboxylic acids is 1. The molecular weight excluding hydrogens is 320 g/mol. The number of hydrogen-bond acceptors (Lipinski definition) is 3. The van der Waals surface area contributed by atoms with Gasteiger partial charge in [-0.25, -0.2) is 0 Å². The Morgan fingerprint density at radius 2 is 2.00 bits per heavy atom. The van der Waals surface area contributed by atoms with Crippen molar-refractivity contribution in [3.63, 3.8) is 0 Å². The van der Waals surface area contributed by atoms with E-state index < -0.39 is 0 Å². The Kier molecular flexibility index (Phi) is 4.29. The first-order valence-electron chi connectivity index (χ1n) is 6.02. The van der Waals surface area contributed by atoms with Crippen molar-refractivity contribution in [2.24, 2.45) is 0 Å². The van der Waals surface area contributed by atoms with E-state index in [0.29, 0.717) is 21.4 Å². The minimum atomic E-state index is -0.214. The molecule has 5 heteroatoms. The van der Waals surface area contributed by atoms with E-state index in [0.717, 1.165) is 11.3 Å². The molecule has 0 aliphatic heterocycles. The zero-order valence-electron chi connectivity index (χ0n) is 11.2. The highest BCUT2D eigenvalue weighted by molar-refractivity contribution is 9.10. The van der Waals surface area contributed by atoms with Crippen LogP contribution in [0.2, 0.25) is 0 Å². The maximum Gasteiger partial charge on any atom is 0.256 e. The summed E-state index contributed by atoms with van der Waals surface area (Å²) in [5.74, 6) is 0.571. The number of halogens is 1. The van der Waals surface area contributed by atoms with E-state index >= 15 is 0 Å². The van der Waals surface area contributed by atoms with Crippen molar-refractivity contribution < 1.29 is 9.53 Å². The Morgan fingerprint density at radius 3 is 2.65 bits per heavy atom. The van der Waals surface area contributed by atoms with Crippen molar-refractivity contribution in [1.82, 2.24) is 0 Å². The van der Waals surface area contributed by atoms with Crippen LogP contribution >= 0.6 is 15.9 Å². The molecule has 3 N–H and O–H groups in total. The minimum Gasteiger partial charge on any atom is -0.496 e. The third-order valence-corrected chi connectivity index (χ3v) is 3.58. The standard InChI is InChI=1S/C15H15BrN2O2/c1-9-7-11(4-6-14(9)20-2)18-15(19)12-8-10(17)3-5-13(12)16/h3-8H,17H2,1-2H3,(H,18,19). The molecular formula is C15H15BrN2O2. The second-order valence-electron chi connectivity index (χ2n) is 4.38. The number of rotatable bonds is 3. The molecule has 2 aromatic rings. The van der Waals surface area contributed by atoms with Gasteiger partial charge in [-0.2, -0.15) is 0 Å². The van der Waals surface area contributed by atoms with Crippen molar-refractivity contribution in [1.29, 1.82) is 0 Å².